The van der Waals surface area contributed by atoms with Gasteiger partial charge in [0.25, 0.3) is 0 Å². The molecule has 2 saturated heterocycles. The number of aromatic nitrogens is 2. The van der Waals surface area contributed by atoms with Crippen LogP contribution < -0.4 is 4.31 Å². The van der Waals surface area contributed by atoms with Crippen molar-refractivity contribution in [1.82, 2.24) is 14.0 Å². The predicted molar refractivity (Wildman–Crippen MR) is 117 cm³/mol. The number of hydrogen-bond donors (Lipinski definition) is 0. The van der Waals surface area contributed by atoms with Gasteiger partial charge in [-0.05, 0) is 43.4 Å². The summed E-state index contributed by atoms with van der Waals surface area (Å²) in [5, 5.41) is 0. The minimum atomic E-state index is -3.72. The summed E-state index contributed by atoms with van der Waals surface area (Å²) >= 11 is 0. The highest BCUT2D eigenvalue weighted by atomic mass is 32.2. The summed E-state index contributed by atoms with van der Waals surface area (Å²) in [5.74, 6) is 1.59. The van der Waals surface area contributed by atoms with E-state index in [1.807, 2.05) is 18.2 Å². The maximum Gasteiger partial charge on any atom is 0.326 e. The molecular formula is C21H32N4O4S. The first-order valence-corrected chi connectivity index (χ1v) is 12.1. The molecule has 30 heavy (non-hydrogen) atoms. The number of hydroxylamine groups is 1. The molecule has 2 aliphatic heterocycles. The van der Waals surface area contributed by atoms with Gasteiger partial charge in [0.1, 0.15) is 5.82 Å². The van der Waals surface area contributed by atoms with Gasteiger partial charge in [0.15, 0.2) is 0 Å². The molecule has 0 aliphatic carbocycles. The molecule has 4 rings (SSSR count). The molecule has 0 radical (unpaired) electrons. The van der Waals surface area contributed by atoms with Crippen LogP contribution in [0, 0.1) is 5.92 Å². The van der Waals surface area contributed by atoms with E-state index < -0.39 is 10.2 Å². The molecule has 0 N–H and O–H groups in total. The van der Waals surface area contributed by atoms with Gasteiger partial charge in [0.05, 0.1) is 23.3 Å². The van der Waals surface area contributed by atoms with E-state index in [2.05, 4.69) is 25.3 Å². The lowest BCUT2D eigenvalue weighted by Crippen LogP contribution is -2.39. The monoisotopic (exact) mass is 436 g/mol. The Morgan fingerprint density at radius 2 is 1.93 bits per heavy atom. The largest absolute Gasteiger partial charge is 0.381 e. The number of imidazole rings is 1. The van der Waals surface area contributed by atoms with Crippen LogP contribution in [0.15, 0.2) is 18.2 Å². The van der Waals surface area contributed by atoms with Gasteiger partial charge in [-0.25, -0.2) is 4.98 Å². The third-order valence-corrected chi connectivity index (χ3v) is 7.58. The normalized spacial score (nSPS) is 19.6. The Kier molecular flexibility index (Phi) is 5.82. The topological polar surface area (TPSA) is 76.9 Å². The van der Waals surface area contributed by atoms with Crippen LogP contribution >= 0.6 is 0 Å². The fourth-order valence-corrected chi connectivity index (χ4v) is 5.36. The molecule has 2 aromatic rings. The molecular weight excluding hydrogens is 404 g/mol. The van der Waals surface area contributed by atoms with Crippen molar-refractivity contribution < 1.29 is 18.0 Å². The van der Waals surface area contributed by atoms with Gasteiger partial charge in [-0.1, -0.05) is 25.2 Å². The lowest BCUT2D eigenvalue weighted by atomic mass is 9.94. The number of fused-ring (bicyclic) bond motifs is 1. The van der Waals surface area contributed by atoms with Crippen molar-refractivity contribution in [2.24, 2.45) is 5.92 Å². The first-order chi connectivity index (χ1) is 14.2. The summed E-state index contributed by atoms with van der Waals surface area (Å²) in [6, 6.07) is 5.70. The second-order valence-corrected chi connectivity index (χ2v) is 11.1. The number of hydrogen-bond acceptors (Lipinski definition) is 5. The lowest BCUT2D eigenvalue weighted by Gasteiger charge is -2.26. The number of benzene rings is 1. The number of rotatable bonds is 5. The Balaban J connectivity index is 1.70. The SMILES string of the molecule is CN(c1ccc2c(c1)nc(C(C)(C)C)n2CC1CCOCC1)S(=O)(=O)N1CCCO1. The summed E-state index contributed by atoms with van der Waals surface area (Å²) in [6.45, 7) is 9.83. The van der Waals surface area contributed by atoms with E-state index in [1.54, 1.807) is 7.05 Å². The van der Waals surface area contributed by atoms with Gasteiger partial charge < -0.3 is 9.30 Å². The van der Waals surface area contributed by atoms with Gasteiger partial charge >= 0.3 is 10.2 Å². The number of ether oxygens (including phenoxy) is 1. The highest BCUT2D eigenvalue weighted by Crippen LogP contribution is 2.32. The van der Waals surface area contributed by atoms with Crippen LogP contribution in [0.5, 0.6) is 0 Å². The Morgan fingerprint density at radius 3 is 2.57 bits per heavy atom. The first-order valence-electron chi connectivity index (χ1n) is 10.7. The molecule has 166 valence electrons. The highest BCUT2D eigenvalue weighted by molar-refractivity contribution is 7.90. The summed E-state index contributed by atoms with van der Waals surface area (Å²) < 4.78 is 35.9. The van der Waals surface area contributed by atoms with Crippen molar-refractivity contribution in [3.8, 4) is 0 Å². The standard InChI is InChI=1S/C21H32N4O4S/c1-21(2,3)20-22-18-14-17(23(4)30(26,27)25-10-5-11-29-25)6-7-19(18)24(20)15-16-8-12-28-13-9-16/h6-7,14,16H,5,8-13,15H2,1-4H3. The molecule has 0 unspecified atom stereocenters. The van der Waals surface area contributed by atoms with Gasteiger partial charge in [-0.3, -0.25) is 9.14 Å². The van der Waals surface area contributed by atoms with Crippen LogP contribution in [0.4, 0.5) is 5.69 Å². The van der Waals surface area contributed by atoms with E-state index in [4.69, 9.17) is 14.6 Å². The van der Waals surface area contributed by atoms with Crippen LogP contribution in [0.2, 0.25) is 0 Å². The second-order valence-electron chi connectivity index (χ2n) is 9.21. The van der Waals surface area contributed by atoms with Crippen LogP contribution in [0.3, 0.4) is 0 Å². The maximum absolute atomic E-state index is 12.9. The third kappa shape index (κ3) is 4.08. The van der Waals surface area contributed by atoms with Crippen molar-refractivity contribution in [1.29, 1.82) is 0 Å². The molecule has 2 aliphatic rings. The van der Waals surface area contributed by atoms with E-state index in [9.17, 15) is 8.42 Å². The van der Waals surface area contributed by atoms with Crippen molar-refractivity contribution in [2.75, 3.05) is 37.7 Å². The van der Waals surface area contributed by atoms with Gasteiger partial charge in [-0.15, -0.1) is 0 Å². The summed E-state index contributed by atoms with van der Waals surface area (Å²) in [4.78, 5) is 10.2. The summed E-state index contributed by atoms with van der Waals surface area (Å²) in [5.41, 5.74) is 2.31. The second kappa shape index (κ2) is 8.11. The zero-order chi connectivity index (χ0) is 21.5. The minimum Gasteiger partial charge on any atom is -0.381 e. The van der Waals surface area contributed by atoms with Crippen LogP contribution in [-0.4, -0.2) is 55.9 Å². The van der Waals surface area contributed by atoms with E-state index in [0.717, 1.165) is 53.9 Å². The smallest absolute Gasteiger partial charge is 0.326 e. The maximum atomic E-state index is 12.9. The zero-order valence-electron chi connectivity index (χ0n) is 18.3. The van der Waals surface area contributed by atoms with E-state index in [1.165, 1.54) is 4.31 Å². The molecule has 0 bridgehead atoms. The molecule has 0 saturated carbocycles. The number of nitrogens with zero attached hydrogens (tertiary/aromatic N) is 4. The van der Waals surface area contributed by atoms with Gasteiger partial charge in [-0.2, -0.15) is 8.42 Å². The fraction of sp³-hybridized carbons (Fsp3) is 0.667. The van der Waals surface area contributed by atoms with Gasteiger partial charge in [0, 0.05) is 38.8 Å². The van der Waals surface area contributed by atoms with Crippen LogP contribution in [0.25, 0.3) is 11.0 Å². The first kappa shape index (κ1) is 21.5. The average molecular weight is 437 g/mol. The number of anilines is 1. The van der Waals surface area contributed by atoms with E-state index >= 15 is 0 Å². The molecule has 3 heterocycles. The van der Waals surface area contributed by atoms with Crippen molar-refractivity contribution in [2.45, 2.75) is 52.0 Å². The highest BCUT2D eigenvalue weighted by Gasteiger charge is 2.32. The average Bonchev–Trinajstić information content (AvgIpc) is 3.36. The third-order valence-electron chi connectivity index (χ3n) is 5.87. The predicted octanol–water partition coefficient (Wildman–Crippen LogP) is 3.08. The summed E-state index contributed by atoms with van der Waals surface area (Å²) in [7, 11) is -2.16. The Hall–Kier alpha value is -1.68. The van der Waals surface area contributed by atoms with Crippen molar-refractivity contribution in [3.05, 3.63) is 24.0 Å². The van der Waals surface area contributed by atoms with Gasteiger partial charge in [0.2, 0.25) is 0 Å². The Labute approximate surface area is 178 Å². The van der Waals surface area contributed by atoms with Crippen molar-refractivity contribution >= 4 is 26.9 Å². The molecule has 0 atom stereocenters. The summed E-state index contributed by atoms with van der Waals surface area (Å²) in [6.07, 6.45) is 2.81. The quantitative estimate of drug-likeness (QED) is 0.720. The molecule has 0 spiro atoms. The molecule has 1 aromatic carbocycles. The Bertz CT molecular complexity index is 1000. The molecule has 2 fully saturated rings. The fourth-order valence-electron chi connectivity index (χ4n) is 4.13. The van der Waals surface area contributed by atoms with E-state index in [0.29, 0.717) is 31.2 Å². The molecule has 9 heteroatoms. The lowest BCUT2D eigenvalue weighted by molar-refractivity contribution is -0.0285. The Morgan fingerprint density at radius 1 is 1.20 bits per heavy atom. The van der Waals surface area contributed by atoms with Crippen LogP contribution in [-0.2, 0) is 31.7 Å². The van der Waals surface area contributed by atoms with Crippen molar-refractivity contribution in [3.63, 3.8) is 0 Å². The zero-order valence-corrected chi connectivity index (χ0v) is 19.1. The van der Waals surface area contributed by atoms with E-state index in [-0.39, 0.29) is 5.41 Å². The minimum absolute atomic E-state index is 0.119. The van der Waals surface area contributed by atoms with Crippen LogP contribution in [0.1, 0.15) is 45.9 Å². The molecule has 8 nitrogen and oxygen atoms in total. The molecule has 0 amide bonds. The molecule has 1 aromatic heterocycles.